The fraction of sp³-hybridized carbons (Fsp3) is 0.239. The summed E-state index contributed by atoms with van der Waals surface area (Å²) in [6.07, 6.45) is -6.54. The molecule has 0 radical (unpaired) electrons. The van der Waals surface area contributed by atoms with E-state index in [2.05, 4.69) is 69.8 Å². The van der Waals surface area contributed by atoms with E-state index in [4.69, 9.17) is 44.4 Å². The molecule has 3 amide bonds. The molecule has 3 heterocycles. The van der Waals surface area contributed by atoms with E-state index in [0.29, 0.717) is 34.8 Å². The smallest absolute Gasteiger partial charge is 0.416 e. The number of amides is 3. The topological polar surface area (TPSA) is 429 Å². The van der Waals surface area contributed by atoms with Gasteiger partial charge in [0.1, 0.15) is 34.5 Å². The van der Waals surface area contributed by atoms with Crippen LogP contribution >= 0.6 is 11.6 Å². The Hall–Kier alpha value is -14.7. The van der Waals surface area contributed by atoms with Crippen molar-refractivity contribution in [2.24, 2.45) is 30.9 Å². The lowest BCUT2D eigenvalue weighted by atomic mass is 10.1. The highest BCUT2D eigenvalue weighted by molar-refractivity contribution is 6.31. The first kappa shape index (κ1) is 98.5. The van der Waals surface area contributed by atoms with Gasteiger partial charge in [-0.2, -0.15) is 44.6 Å². The Labute approximate surface area is 721 Å². The molecule has 2 fully saturated rings. The third-order valence-electron chi connectivity index (χ3n) is 18.4. The summed E-state index contributed by atoms with van der Waals surface area (Å²) in [7, 11) is 1.38. The van der Waals surface area contributed by atoms with E-state index >= 15 is 0 Å². The predicted molar refractivity (Wildman–Crippen MR) is 465 cm³/mol. The van der Waals surface area contributed by atoms with Crippen molar-refractivity contribution in [2.75, 3.05) is 48.8 Å². The number of nitrogens with zero attached hydrogens (tertiary/aromatic N) is 9. The van der Waals surface area contributed by atoms with Crippen molar-refractivity contribution >= 4 is 116 Å². The third kappa shape index (κ3) is 30.4. The number of aromatic carboxylic acids is 1. The van der Waals surface area contributed by atoms with E-state index in [-0.39, 0.29) is 73.4 Å². The summed E-state index contributed by atoms with van der Waals surface area (Å²) in [5.74, 6) is -4.29. The lowest BCUT2D eigenvalue weighted by Gasteiger charge is -2.29. The number of anilines is 3. The van der Waals surface area contributed by atoms with Crippen molar-refractivity contribution in [1.82, 2.24) is 16.0 Å². The van der Waals surface area contributed by atoms with Crippen molar-refractivity contribution in [3.8, 4) is 0 Å². The Morgan fingerprint density at radius 1 is 0.468 bits per heavy atom. The number of hydrogen-bond acceptors (Lipinski definition) is 19. The number of alkyl halides is 9. The van der Waals surface area contributed by atoms with Crippen LogP contribution < -0.4 is 37.2 Å². The van der Waals surface area contributed by atoms with E-state index in [1.165, 1.54) is 82.3 Å². The summed E-state index contributed by atoms with van der Waals surface area (Å²) in [5.41, 5.74) is 15.7. The zero-order valence-corrected chi connectivity index (χ0v) is 69.6. The minimum Gasteiger partial charge on any atom is -0.478 e. The first-order valence-electron chi connectivity index (χ1n) is 38.3. The number of esters is 1. The van der Waals surface area contributed by atoms with Gasteiger partial charge in [-0.15, -0.1) is 5.10 Å². The number of nitrogens with two attached hydrogens (primary N) is 2. The van der Waals surface area contributed by atoms with Gasteiger partial charge in [-0.3, -0.25) is 50.8 Å². The van der Waals surface area contributed by atoms with Gasteiger partial charge in [-0.05, 0) is 189 Å². The Balaban J connectivity index is 0.000000219. The average molecular weight is 1770 g/mol. The summed E-state index contributed by atoms with van der Waals surface area (Å²) in [4.78, 5) is 95.8. The molecular formula is C88H87ClF9N17O11. The second-order valence-corrected chi connectivity index (χ2v) is 28.6. The molecule has 126 heavy (non-hydrogen) atoms. The van der Waals surface area contributed by atoms with Crippen LogP contribution in [0.5, 0.6) is 0 Å². The number of carbonyl (C=O) groups is 5. The number of aryl methyl sites for hydroxylation is 3. The maximum Gasteiger partial charge on any atom is 0.416 e. The second kappa shape index (κ2) is 45.5. The van der Waals surface area contributed by atoms with Crippen LogP contribution in [0.3, 0.4) is 0 Å². The average Bonchev–Trinajstić information content (AvgIpc) is 0.892. The molecule has 0 saturated carbocycles. The van der Waals surface area contributed by atoms with E-state index in [9.17, 15) is 83.7 Å². The van der Waals surface area contributed by atoms with E-state index in [1.807, 2.05) is 55.1 Å². The minimum atomic E-state index is -4.57. The highest BCUT2D eigenvalue weighted by Gasteiger charge is 2.34. The summed E-state index contributed by atoms with van der Waals surface area (Å²) in [6, 6.07) is 47.8. The normalized spacial score (nSPS) is 13.3. The van der Waals surface area contributed by atoms with Crippen molar-refractivity contribution in [3.05, 3.63) is 309 Å². The molecule has 0 unspecified atom stereocenters. The number of aliphatic imine (C=N–C) groups is 3. The zero-order valence-electron chi connectivity index (χ0n) is 68.8. The number of amidine groups is 7. The van der Waals surface area contributed by atoms with E-state index in [0.717, 1.165) is 147 Å². The monoisotopic (exact) mass is 1760 g/mol. The minimum absolute atomic E-state index is 0.00460. The Morgan fingerprint density at radius 2 is 0.825 bits per heavy atom. The maximum absolute atomic E-state index is 12.9. The fourth-order valence-corrected chi connectivity index (χ4v) is 12.3. The zero-order chi connectivity index (χ0) is 92.9. The SMILES string of the molecule is CC(=NC(=N)c1cccc(C(F)(F)F)c1)NC(=O)c1cc(Cl)ccc1[N+](=O)[O-].CC(=NC(=N)c1cccc(C(F)(F)F)c1)NC(=O)c1cc(N2CCCCC2)ccc1N.CC(=NC(=N)c1cccc(C(F)(F)F)c1)NC(=O)c1cc(N2CCCCC2)ccc1[N+](=O)[O-].COC(=O)c1cccc(C)c1.Cc1cccc(C(=O)O)c1.Cc1cccc(C2=NN=C(N)C2)c1. The maximum atomic E-state index is 12.9. The highest BCUT2D eigenvalue weighted by atomic mass is 35.5. The molecule has 3 aliphatic rings. The molecule has 0 bridgehead atoms. The number of nitrogen functional groups attached to an aromatic ring is 1. The lowest BCUT2D eigenvalue weighted by molar-refractivity contribution is -0.385. The number of halogens is 10. The molecule has 3 aliphatic heterocycles. The van der Waals surface area contributed by atoms with Crippen LogP contribution in [0.2, 0.25) is 5.02 Å². The first-order valence-corrected chi connectivity index (χ1v) is 38.7. The number of carbonyl (C=O) groups excluding carboxylic acids is 4. The number of nitro groups is 2. The molecule has 0 spiro atoms. The molecule has 11 N–H and O–H groups in total. The van der Waals surface area contributed by atoms with Gasteiger partial charge in [0.25, 0.3) is 29.1 Å². The molecule has 0 atom stereocenters. The van der Waals surface area contributed by atoms with Gasteiger partial charge < -0.3 is 47.1 Å². The predicted octanol–water partition coefficient (Wildman–Crippen LogP) is 18.6. The largest absolute Gasteiger partial charge is 0.478 e. The van der Waals surface area contributed by atoms with E-state index in [1.54, 1.807) is 48.5 Å². The van der Waals surface area contributed by atoms with Gasteiger partial charge in [0.05, 0.1) is 62.5 Å². The number of benzene rings is 9. The molecular weight excluding hydrogens is 1680 g/mol. The van der Waals surface area contributed by atoms with Crippen molar-refractivity contribution < 1.29 is 83.2 Å². The van der Waals surface area contributed by atoms with Crippen molar-refractivity contribution in [1.29, 1.82) is 16.2 Å². The quantitative estimate of drug-likeness (QED) is 0.00985. The van der Waals surface area contributed by atoms with Gasteiger partial charge in [0, 0.05) is 77.1 Å². The Bertz CT molecular complexity index is 5710. The number of carboxylic acid groups (broad SMARTS) is 1. The van der Waals surface area contributed by atoms with Crippen LogP contribution in [0.25, 0.3) is 0 Å². The van der Waals surface area contributed by atoms with Crippen LogP contribution in [-0.2, 0) is 23.3 Å². The van der Waals surface area contributed by atoms with Crippen molar-refractivity contribution in [3.63, 3.8) is 0 Å². The first-order chi connectivity index (χ1) is 59.4. The van der Waals surface area contributed by atoms with Gasteiger partial charge in [0.2, 0.25) is 0 Å². The molecule has 38 heteroatoms. The van der Waals surface area contributed by atoms with E-state index < -0.39 is 86.1 Å². The molecule has 9 aromatic rings. The van der Waals surface area contributed by atoms with Crippen LogP contribution in [0.4, 0.5) is 68.0 Å². The number of methoxy groups -OCH3 is 1. The second-order valence-electron chi connectivity index (χ2n) is 28.2. The summed E-state index contributed by atoms with van der Waals surface area (Å²) in [5, 5.41) is 69.9. The van der Waals surface area contributed by atoms with Crippen LogP contribution in [0, 0.1) is 57.2 Å². The van der Waals surface area contributed by atoms with Crippen molar-refractivity contribution in [2.45, 2.75) is 105 Å². The standard InChI is InChI=1S/C22H22F3N5O3.C22H24F3N5O.C17H12ClF3N4O3.C10H11N3.C9H10O2.C8H8O2/c1-14(27-20(26)15-6-5-7-16(12-15)22(23,24)25)28-21(31)18-13-17(8-9-19(18)30(32)33)29-10-3-2-4-11-29;1-14(28-20(27)15-6-5-7-16(12-15)22(23,24)25)29-21(31)18-13-17(8-9-19(18)26)30-10-3-2-4-11-30;1-9(23-15(22)10-3-2-4-11(7-10)17(19,20)21)24-16(26)13-8-12(18)5-6-14(13)25(27)28;1-7-3-2-4-8(5-7)9-6-10(11)13-12-9;1-7-4-3-5-8(6-7)9(10)11-2;1-6-3-2-4-7(5-6)8(9)10/h5-9,12-13H,2-4,10-11H2,1H3,(H2,26,27,28,31);5-9,12-13H,2-4,10-11,26H2,1H3,(H2,27,28,29,31);2-8H,1H3,(H2,22,23,24,26);2-5H,6H2,1H3,(H2,11,13);3-6H,1-2H3;2-5H,1H3,(H,9,10). The number of nitrogens with one attached hydrogen (secondary N) is 6. The van der Waals surface area contributed by atoms with Gasteiger partial charge in [-0.25, -0.2) is 24.6 Å². The molecule has 0 aromatic heterocycles. The number of hydrogen-bond donors (Lipinski definition) is 9. The number of piperidine rings is 2. The molecule has 9 aromatic carbocycles. The Morgan fingerprint density at radius 3 is 1.20 bits per heavy atom. The third-order valence-corrected chi connectivity index (χ3v) is 18.6. The highest BCUT2D eigenvalue weighted by Crippen LogP contribution is 2.34. The van der Waals surface area contributed by atoms with Crippen LogP contribution in [0.15, 0.2) is 225 Å². The number of carboxylic acids is 1. The molecule has 12 rings (SSSR count). The van der Waals surface area contributed by atoms with Gasteiger partial charge in [0.15, 0.2) is 17.5 Å². The fourth-order valence-electron chi connectivity index (χ4n) is 12.2. The van der Waals surface area contributed by atoms with Crippen LogP contribution in [-0.4, -0.2) is 124 Å². The molecule has 660 valence electrons. The summed E-state index contributed by atoms with van der Waals surface area (Å²) < 4.78 is 120. The summed E-state index contributed by atoms with van der Waals surface area (Å²) in [6.45, 7) is 13.4. The number of ether oxygens (including phenoxy) is 1. The number of nitro benzene ring substituents is 2. The summed E-state index contributed by atoms with van der Waals surface area (Å²) >= 11 is 5.76. The molecule has 2 saturated heterocycles. The molecule has 0 aliphatic carbocycles. The van der Waals surface area contributed by atoms with Crippen LogP contribution in [0.1, 0.15) is 173 Å². The number of rotatable bonds is 13. The Kier molecular flexibility index (Phi) is 35.5. The van der Waals surface area contributed by atoms with Gasteiger partial charge in [-0.1, -0.05) is 113 Å². The molecule has 28 nitrogen and oxygen atoms in total. The lowest BCUT2D eigenvalue weighted by Crippen LogP contribution is -2.31. The van der Waals surface area contributed by atoms with Gasteiger partial charge >= 0.3 is 30.5 Å².